The van der Waals surface area contributed by atoms with Crippen molar-refractivity contribution in [1.29, 1.82) is 0 Å². The van der Waals surface area contributed by atoms with E-state index in [-0.39, 0.29) is 23.1 Å². The number of amides is 2. The molecule has 7 atom stereocenters. The molecule has 0 bridgehead atoms. The molecule has 5 nitrogen and oxygen atoms in total. The van der Waals surface area contributed by atoms with Crippen LogP contribution < -0.4 is 0 Å². The molecule has 0 spiro atoms. The quantitative estimate of drug-likeness (QED) is 0.295. The second-order valence-electron chi connectivity index (χ2n) is 14.1. The standard InChI is InChI=1S/C36H45NO4/c1-34-19-8-7-12-26(34)15-16-31-30(34)17-20-35(29(18-21-36(31,35)40)25-10-3-2-4-11-25)24-41-23-9-22-37-32(38)27-13-5-6-14-28(27)33(37)39/h2-6,10-11,13-14,26,29-31,40H,7-9,12,15-24H2,1H3/t26-,29+,30-,31+,34-,35-,36-/m0/s1. The third kappa shape index (κ3) is 4.09. The van der Waals surface area contributed by atoms with Crippen molar-refractivity contribution in [3.63, 3.8) is 0 Å². The molecule has 0 saturated heterocycles. The minimum absolute atomic E-state index is 0.205. The van der Waals surface area contributed by atoms with Gasteiger partial charge >= 0.3 is 0 Å². The van der Waals surface area contributed by atoms with E-state index in [4.69, 9.17) is 4.74 Å². The highest BCUT2D eigenvalue weighted by molar-refractivity contribution is 6.21. The molecule has 4 saturated carbocycles. The summed E-state index contributed by atoms with van der Waals surface area (Å²) in [6.07, 6.45) is 12.4. The van der Waals surface area contributed by atoms with E-state index in [0.29, 0.717) is 54.6 Å². The van der Waals surface area contributed by atoms with Gasteiger partial charge in [0.1, 0.15) is 0 Å². The van der Waals surface area contributed by atoms with Gasteiger partial charge in [-0.25, -0.2) is 0 Å². The maximum Gasteiger partial charge on any atom is 0.261 e. The van der Waals surface area contributed by atoms with Gasteiger partial charge in [-0.1, -0.05) is 62.2 Å². The Morgan fingerprint density at radius 3 is 2.32 bits per heavy atom. The highest BCUT2D eigenvalue weighted by Gasteiger charge is 2.68. The number of aliphatic hydroxyl groups is 1. The Labute approximate surface area is 244 Å². The van der Waals surface area contributed by atoms with Crippen molar-refractivity contribution < 1.29 is 19.4 Å². The van der Waals surface area contributed by atoms with Crippen LogP contribution >= 0.6 is 0 Å². The lowest BCUT2D eigenvalue weighted by Gasteiger charge is -2.64. The third-order valence-electron chi connectivity index (χ3n) is 12.6. The maximum absolute atomic E-state index is 12.9. The fourth-order valence-corrected chi connectivity index (χ4v) is 10.6. The van der Waals surface area contributed by atoms with Gasteiger partial charge in [-0.15, -0.1) is 0 Å². The predicted octanol–water partition coefficient (Wildman–Crippen LogP) is 7.00. The Morgan fingerprint density at radius 1 is 0.829 bits per heavy atom. The van der Waals surface area contributed by atoms with E-state index in [1.54, 1.807) is 24.3 Å². The fourth-order valence-electron chi connectivity index (χ4n) is 10.6. The second kappa shape index (κ2) is 10.3. The lowest BCUT2D eigenvalue weighted by molar-refractivity contribution is -0.220. The summed E-state index contributed by atoms with van der Waals surface area (Å²) in [5, 5.41) is 12.9. The topological polar surface area (TPSA) is 66.8 Å². The largest absolute Gasteiger partial charge is 0.389 e. The molecule has 5 aliphatic rings. The first-order valence-corrected chi connectivity index (χ1v) is 16.2. The van der Waals surface area contributed by atoms with Crippen molar-refractivity contribution in [1.82, 2.24) is 4.90 Å². The highest BCUT2D eigenvalue weighted by Crippen LogP contribution is 2.70. The molecule has 41 heavy (non-hydrogen) atoms. The molecule has 4 fully saturated rings. The molecule has 5 heteroatoms. The van der Waals surface area contributed by atoms with Crippen molar-refractivity contribution in [2.45, 2.75) is 89.1 Å². The first-order chi connectivity index (χ1) is 19.9. The minimum atomic E-state index is -0.718. The lowest BCUT2D eigenvalue weighted by atomic mass is 9.43. The molecule has 2 aromatic carbocycles. The van der Waals surface area contributed by atoms with Crippen LogP contribution in [0.4, 0.5) is 0 Å². The van der Waals surface area contributed by atoms with E-state index in [0.717, 1.165) is 31.6 Å². The third-order valence-corrected chi connectivity index (χ3v) is 12.6. The molecule has 4 aliphatic carbocycles. The number of nitrogens with zero attached hydrogens (tertiary/aromatic N) is 1. The molecule has 0 radical (unpaired) electrons. The normalized spacial score (nSPS) is 37.9. The van der Waals surface area contributed by atoms with Crippen LogP contribution in [0.3, 0.4) is 0 Å². The van der Waals surface area contributed by atoms with Crippen molar-refractivity contribution in [3.05, 3.63) is 71.3 Å². The molecule has 1 N–H and O–H groups in total. The number of ether oxygens (including phenoxy) is 1. The zero-order chi connectivity index (χ0) is 28.2. The Hall–Kier alpha value is -2.50. The molecule has 0 unspecified atom stereocenters. The average Bonchev–Trinajstić information content (AvgIpc) is 3.43. The van der Waals surface area contributed by atoms with Crippen LogP contribution in [0.2, 0.25) is 0 Å². The Kier molecular flexibility index (Phi) is 6.90. The summed E-state index contributed by atoms with van der Waals surface area (Å²) >= 11 is 0. The molecule has 2 amide bonds. The number of imide groups is 1. The van der Waals surface area contributed by atoms with E-state index in [2.05, 4.69) is 37.3 Å². The van der Waals surface area contributed by atoms with Crippen molar-refractivity contribution in [2.75, 3.05) is 19.8 Å². The van der Waals surface area contributed by atoms with Crippen LogP contribution in [-0.2, 0) is 4.74 Å². The first-order valence-electron chi connectivity index (χ1n) is 16.2. The number of hydrogen-bond donors (Lipinski definition) is 1. The average molecular weight is 556 g/mol. The van der Waals surface area contributed by atoms with Crippen molar-refractivity contribution in [2.24, 2.45) is 28.6 Å². The van der Waals surface area contributed by atoms with Gasteiger partial charge in [-0.2, -0.15) is 0 Å². The van der Waals surface area contributed by atoms with Crippen LogP contribution in [0.5, 0.6) is 0 Å². The summed E-state index contributed by atoms with van der Waals surface area (Å²) in [4.78, 5) is 27.0. The number of benzene rings is 2. The van der Waals surface area contributed by atoms with Gasteiger partial charge in [0.15, 0.2) is 0 Å². The Morgan fingerprint density at radius 2 is 1.56 bits per heavy atom. The molecule has 7 rings (SSSR count). The van der Waals surface area contributed by atoms with Crippen LogP contribution in [0.25, 0.3) is 0 Å². The zero-order valence-corrected chi connectivity index (χ0v) is 24.5. The number of carbonyl (C=O) groups is 2. The van der Waals surface area contributed by atoms with E-state index in [1.807, 2.05) is 0 Å². The lowest BCUT2D eigenvalue weighted by Crippen LogP contribution is -2.63. The summed E-state index contributed by atoms with van der Waals surface area (Å²) in [6, 6.07) is 17.9. The summed E-state index contributed by atoms with van der Waals surface area (Å²) in [7, 11) is 0. The molecular weight excluding hydrogens is 510 g/mol. The van der Waals surface area contributed by atoms with Crippen LogP contribution in [0.1, 0.15) is 110 Å². The van der Waals surface area contributed by atoms with Gasteiger partial charge in [0.2, 0.25) is 0 Å². The molecule has 1 heterocycles. The summed E-state index contributed by atoms with van der Waals surface area (Å²) in [6.45, 7) is 3.93. The number of carbonyl (C=O) groups excluding carboxylic acids is 2. The molecule has 1 aliphatic heterocycles. The van der Waals surface area contributed by atoms with Gasteiger partial charge < -0.3 is 9.84 Å². The van der Waals surface area contributed by atoms with Crippen LogP contribution in [0, 0.1) is 28.6 Å². The fraction of sp³-hybridized carbons (Fsp3) is 0.611. The minimum Gasteiger partial charge on any atom is -0.389 e. The van der Waals surface area contributed by atoms with Gasteiger partial charge in [-0.05, 0) is 105 Å². The Balaban J connectivity index is 1.09. The molecule has 0 aromatic heterocycles. The number of rotatable bonds is 7. The van der Waals surface area contributed by atoms with Gasteiger partial charge in [0.05, 0.1) is 23.3 Å². The van der Waals surface area contributed by atoms with Crippen molar-refractivity contribution >= 4 is 11.8 Å². The first kappa shape index (κ1) is 27.3. The SMILES string of the molecule is C[C@]12CCCC[C@H]1CC[C@@H]1[C@@H]2CC[C@]2(COCCCN3C(=O)c4ccccc4C3=O)[C@@H](c3ccccc3)CC[C@]12O. The van der Waals surface area contributed by atoms with E-state index in [1.165, 1.54) is 49.0 Å². The number of fused-ring (bicyclic) bond motifs is 6. The van der Waals surface area contributed by atoms with Gasteiger partial charge in [0.25, 0.3) is 11.8 Å². The highest BCUT2D eigenvalue weighted by atomic mass is 16.5. The monoisotopic (exact) mass is 555 g/mol. The number of hydrogen-bond acceptors (Lipinski definition) is 4. The Bertz CT molecular complexity index is 1270. The summed E-state index contributed by atoms with van der Waals surface area (Å²) in [5.41, 5.74) is 1.66. The van der Waals surface area contributed by atoms with E-state index >= 15 is 0 Å². The van der Waals surface area contributed by atoms with Gasteiger partial charge in [0, 0.05) is 18.6 Å². The van der Waals surface area contributed by atoms with Crippen LogP contribution in [0.15, 0.2) is 54.6 Å². The summed E-state index contributed by atoms with van der Waals surface area (Å²) < 4.78 is 6.50. The summed E-state index contributed by atoms with van der Waals surface area (Å²) in [5.74, 6) is 1.63. The smallest absolute Gasteiger partial charge is 0.261 e. The molecule has 2 aromatic rings. The zero-order valence-electron chi connectivity index (χ0n) is 24.5. The van der Waals surface area contributed by atoms with E-state index < -0.39 is 5.60 Å². The second-order valence-corrected chi connectivity index (χ2v) is 14.1. The van der Waals surface area contributed by atoms with Crippen molar-refractivity contribution in [3.8, 4) is 0 Å². The van der Waals surface area contributed by atoms with Crippen LogP contribution in [-0.4, -0.2) is 47.2 Å². The molecule has 218 valence electrons. The van der Waals surface area contributed by atoms with E-state index in [9.17, 15) is 14.7 Å². The maximum atomic E-state index is 12.9. The molecular formula is C36H45NO4. The van der Waals surface area contributed by atoms with Gasteiger partial charge in [-0.3, -0.25) is 14.5 Å². The predicted molar refractivity (Wildman–Crippen MR) is 159 cm³/mol.